The number of aliphatic hydroxyl groups is 1. The molecule has 0 saturated carbocycles. The van der Waals surface area contributed by atoms with E-state index in [1.54, 1.807) is 0 Å². The van der Waals surface area contributed by atoms with E-state index in [4.69, 9.17) is 5.11 Å². The van der Waals surface area contributed by atoms with Gasteiger partial charge in [-0.3, -0.25) is 0 Å². The number of hydrogen-bond donors (Lipinski definition) is 1. The third-order valence-corrected chi connectivity index (χ3v) is 2.21. The fourth-order valence-electron chi connectivity index (χ4n) is 1.52. The monoisotopic (exact) mass is 179 g/mol. The van der Waals surface area contributed by atoms with E-state index >= 15 is 0 Å². The molecule has 2 nitrogen and oxygen atoms in total. The third-order valence-electron chi connectivity index (χ3n) is 2.21. The van der Waals surface area contributed by atoms with Crippen LogP contribution in [0.4, 0.5) is 0 Å². The minimum atomic E-state index is 0.234. The quantitative estimate of drug-likeness (QED) is 0.760. The van der Waals surface area contributed by atoms with Gasteiger partial charge >= 0.3 is 0 Å². The number of nitrogens with zero attached hydrogens (tertiary/aromatic N) is 1. The molecule has 1 aromatic rings. The van der Waals surface area contributed by atoms with Crippen molar-refractivity contribution in [3.8, 4) is 0 Å². The van der Waals surface area contributed by atoms with E-state index < -0.39 is 0 Å². The van der Waals surface area contributed by atoms with Crippen LogP contribution in [-0.2, 0) is 0 Å². The third kappa shape index (κ3) is 2.83. The SMILES string of the molecule is CN(C)C(CCO)c1ccccc1. The lowest BCUT2D eigenvalue weighted by atomic mass is 10.0. The Morgan fingerprint density at radius 3 is 2.31 bits per heavy atom. The van der Waals surface area contributed by atoms with Gasteiger partial charge in [-0.2, -0.15) is 0 Å². The summed E-state index contributed by atoms with van der Waals surface area (Å²) in [5.41, 5.74) is 1.27. The molecule has 72 valence electrons. The second kappa shape index (κ2) is 5.00. The first kappa shape index (κ1) is 10.2. The van der Waals surface area contributed by atoms with Crippen molar-refractivity contribution in [2.75, 3.05) is 20.7 Å². The van der Waals surface area contributed by atoms with Gasteiger partial charge in [-0.05, 0) is 26.1 Å². The number of benzene rings is 1. The Hall–Kier alpha value is -0.860. The van der Waals surface area contributed by atoms with E-state index in [0.717, 1.165) is 6.42 Å². The average molecular weight is 179 g/mol. The van der Waals surface area contributed by atoms with Gasteiger partial charge in [0.05, 0.1) is 0 Å². The van der Waals surface area contributed by atoms with Crippen molar-refractivity contribution < 1.29 is 5.11 Å². The van der Waals surface area contributed by atoms with Crippen molar-refractivity contribution in [1.82, 2.24) is 4.90 Å². The van der Waals surface area contributed by atoms with Gasteiger partial charge in [0.1, 0.15) is 0 Å². The van der Waals surface area contributed by atoms with E-state index in [1.807, 2.05) is 32.3 Å². The summed E-state index contributed by atoms with van der Waals surface area (Å²) in [6.07, 6.45) is 0.789. The van der Waals surface area contributed by atoms with Gasteiger partial charge in [0.15, 0.2) is 0 Å². The molecule has 0 aliphatic carbocycles. The van der Waals surface area contributed by atoms with Crippen molar-refractivity contribution in [1.29, 1.82) is 0 Å². The zero-order valence-corrected chi connectivity index (χ0v) is 8.27. The van der Waals surface area contributed by atoms with Crippen LogP contribution < -0.4 is 0 Å². The molecule has 0 heterocycles. The Labute approximate surface area is 79.8 Å². The van der Waals surface area contributed by atoms with E-state index in [0.29, 0.717) is 6.04 Å². The zero-order valence-electron chi connectivity index (χ0n) is 8.27. The molecule has 0 amide bonds. The minimum absolute atomic E-state index is 0.234. The van der Waals surface area contributed by atoms with Crippen LogP contribution in [0.1, 0.15) is 18.0 Å². The van der Waals surface area contributed by atoms with E-state index in [1.165, 1.54) is 5.56 Å². The lowest BCUT2D eigenvalue weighted by Crippen LogP contribution is -2.20. The molecule has 1 unspecified atom stereocenters. The van der Waals surface area contributed by atoms with E-state index in [-0.39, 0.29) is 6.61 Å². The highest BCUT2D eigenvalue weighted by Gasteiger charge is 2.11. The summed E-state index contributed by atoms with van der Waals surface area (Å²) in [6.45, 7) is 0.234. The highest BCUT2D eigenvalue weighted by molar-refractivity contribution is 5.18. The molecule has 1 N–H and O–H groups in total. The molecule has 0 aliphatic rings. The van der Waals surface area contributed by atoms with Crippen molar-refractivity contribution in [2.45, 2.75) is 12.5 Å². The molecule has 1 rings (SSSR count). The Kier molecular flexibility index (Phi) is 3.93. The maximum Gasteiger partial charge on any atom is 0.0449 e. The topological polar surface area (TPSA) is 23.5 Å². The second-order valence-corrected chi connectivity index (χ2v) is 3.40. The highest BCUT2D eigenvalue weighted by atomic mass is 16.3. The number of aliphatic hydroxyl groups excluding tert-OH is 1. The van der Waals surface area contributed by atoms with Crippen molar-refractivity contribution >= 4 is 0 Å². The van der Waals surface area contributed by atoms with Crippen molar-refractivity contribution in [2.24, 2.45) is 0 Å². The fourth-order valence-corrected chi connectivity index (χ4v) is 1.52. The standard InChI is InChI=1S/C11H17NO/c1-12(2)11(8-9-13)10-6-4-3-5-7-10/h3-7,11,13H,8-9H2,1-2H3. The largest absolute Gasteiger partial charge is 0.396 e. The van der Waals surface area contributed by atoms with Gasteiger partial charge in [-0.15, -0.1) is 0 Å². The molecule has 13 heavy (non-hydrogen) atoms. The van der Waals surface area contributed by atoms with Crippen molar-refractivity contribution in [3.05, 3.63) is 35.9 Å². The first-order chi connectivity index (χ1) is 6.25. The maximum absolute atomic E-state index is 8.92. The van der Waals surface area contributed by atoms with Crippen LogP contribution in [-0.4, -0.2) is 30.7 Å². The van der Waals surface area contributed by atoms with Crippen LogP contribution in [0.3, 0.4) is 0 Å². The Balaban J connectivity index is 2.76. The summed E-state index contributed by atoms with van der Waals surface area (Å²) < 4.78 is 0. The normalized spacial score (nSPS) is 13.2. The number of rotatable bonds is 4. The molecule has 0 saturated heterocycles. The average Bonchev–Trinajstić information content (AvgIpc) is 2.15. The zero-order chi connectivity index (χ0) is 9.68. The molecular formula is C11H17NO. The van der Waals surface area contributed by atoms with Crippen LogP contribution in [0.15, 0.2) is 30.3 Å². The summed E-state index contributed by atoms with van der Waals surface area (Å²) >= 11 is 0. The van der Waals surface area contributed by atoms with Gasteiger partial charge in [-0.25, -0.2) is 0 Å². The summed E-state index contributed by atoms with van der Waals surface area (Å²) in [5.74, 6) is 0. The molecule has 0 spiro atoms. The summed E-state index contributed by atoms with van der Waals surface area (Å²) in [5, 5.41) is 8.92. The second-order valence-electron chi connectivity index (χ2n) is 3.40. The van der Waals surface area contributed by atoms with Crippen molar-refractivity contribution in [3.63, 3.8) is 0 Å². The van der Waals surface area contributed by atoms with Crippen LogP contribution in [0.25, 0.3) is 0 Å². The van der Waals surface area contributed by atoms with Gasteiger partial charge in [0, 0.05) is 12.6 Å². The van der Waals surface area contributed by atoms with E-state index in [9.17, 15) is 0 Å². The van der Waals surface area contributed by atoms with Crippen LogP contribution in [0, 0.1) is 0 Å². The molecule has 0 fully saturated rings. The summed E-state index contributed by atoms with van der Waals surface area (Å²) in [7, 11) is 4.07. The lowest BCUT2D eigenvalue weighted by molar-refractivity contribution is 0.211. The van der Waals surface area contributed by atoms with Gasteiger partial charge in [-0.1, -0.05) is 30.3 Å². The highest BCUT2D eigenvalue weighted by Crippen LogP contribution is 2.20. The molecule has 0 aromatic heterocycles. The Morgan fingerprint density at radius 1 is 1.23 bits per heavy atom. The van der Waals surface area contributed by atoms with E-state index in [2.05, 4.69) is 17.0 Å². The molecule has 1 atom stereocenters. The molecule has 2 heteroatoms. The molecule has 1 aromatic carbocycles. The number of hydrogen-bond acceptors (Lipinski definition) is 2. The minimum Gasteiger partial charge on any atom is -0.396 e. The first-order valence-electron chi connectivity index (χ1n) is 4.58. The molecule has 0 bridgehead atoms. The fraction of sp³-hybridized carbons (Fsp3) is 0.455. The predicted molar refractivity (Wildman–Crippen MR) is 54.6 cm³/mol. The predicted octanol–water partition coefficient (Wildman–Crippen LogP) is 1.67. The van der Waals surface area contributed by atoms with Gasteiger partial charge in [0.25, 0.3) is 0 Å². The van der Waals surface area contributed by atoms with Gasteiger partial charge in [0.2, 0.25) is 0 Å². The van der Waals surface area contributed by atoms with Crippen LogP contribution >= 0.6 is 0 Å². The Morgan fingerprint density at radius 2 is 1.85 bits per heavy atom. The lowest BCUT2D eigenvalue weighted by Gasteiger charge is -2.23. The molecule has 0 aliphatic heterocycles. The van der Waals surface area contributed by atoms with Crippen LogP contribution in [0.2, 0.25) is 0 Å². The smallest absolute Gasteiger partial charge is 0.0449 e. The Bertz CT molecular complexity index is 233. The van der Waals surface area contributed by atoms with Gasteiger partial charge < -0.3 is 10.0 Å². The van der Waals surface area contributed by atoms with Crippen LogP contribution in [0.5, 0.6) is 0 Å². The first-order valence-corrected chi connectivity index (χ1v) is 4.58. The maximum atomic E-state index is 8.92. The summed E-state index contributed by atoms with van der Waals surface area (Å²) in [6, 6.07) is 10.6. The summed E-state index contributed by atoms with van der Waals surface area (Å²) in [4.78, 5) is 2.13. The molecular weight excluding hydrogens is 162 g/mol. The molecule has 0 radical (unpaired) electrons.